The van der Waals surface area contributed by atoms with Gasteiger partial charge in [-0.05, 0) is 77.3 Å². The Kier molecular flexibility index (Phi) is 7.15. The Balaban J connectivity index is 1.51. The van der Waals surface area contributed by atoms with Crippen LogP contribution in [0, 0.1) is 5.92 Å². The fraction of sp³-hybridized carbons (Fsp3) is 0.905. The molecular weight excluding hydrogens is 342 g/mol. The molecule has 0 aromatic heterocycles. The molecule has 0 radical (unpaired) electrons. The molecule has 1 atom stereocenters. The van der Waals surface area contributed by atoms with E-state index in [4.69, 9.17) is 5.11 Å². The van der Waals surface area contributed by atoms with Crippen molar-refractivity contribution in [2.24, 2.45) is 5.92 Å². The minimum absolute atomic E-state index is 0.0964. The molecule has 0 aromatic carbocycles. The van der Waals surface area contributed by atoms with Crippen molar-refractivity contribution in [3.8, 4) is 0 Å². The lowest BCUT2D eigenvalue weighted by Gasteiger charge is -2.37. The van der Waals surface area contributed by atoms with Crippen molar-refractivity contribution in [2.45, 2.75) is 82.8 Å². The Morgan fingerprint density at radius 3 is 2.15 bits per heavy atom. The highest BCUT2D eigenvalue weighted by atomic mass is 16.4. The van der Waals surface area contributed by atoms with Crippen LogP contribution in [0.2, 0.25) is 0 Å². The van der Waals surface area contributed by atoms with Crippen LogP contribution >= 0.6 is 0 Å². The molecule has 154 valence electrons. The first-order valence-corrected chi connectivity index (χ1v) is 10.9. The van der Waals surface area contributed by atoms with Gasteiger partial charge >= 0.3 is 5.97 Å². The lowest BCUT2D eigenvalue weighted by Crippen LogP contribution is -2.48. The lowest BCUT2D eigenvalue weighted by atomic mass is 9.86. The van der Waals surface area contributed by atoms with Gasteiger partial charge in [0, 0.05) is 24.7 Å². The summed E-state index contributed by atoms with van der Waals surface area (Å²) >= 11 is 0. The van der Waals surface area contributed by atoms with Gasteiger partial charge in [0.2, 0.25) is 5.91 Å². The number of aliphatic carboxylic acids is 1. The number of nitrogens with zero attached hydrogens (tertiary/aromatic N) is 3. The Bertz CT molecular complexity index is 515. The van der Waals surface area contributed by atoms with Crippen molar-refractivity contribution in [1.82, 2.24) is 14.7 Å². The van der Waals surface area contributed by atoms with E-state index in [2.05, 4.69) is 16.7 Å². The second-order valence-corrected chi connectivity index (χ2v) is 9.12. The first-order chi connectivity index (χ1) is 12.9. The number of rotatable bonds is 7. The molecule has 1 aliphatic heterocycles. The quantitative estimate of drug-likeness (QED) is 0.736. The number of carbonyl (C=O) groups is 2. The molecule has 1 saturated heterocycles. The van der Waals surface area contributed by atoms with Crippen LogP contribution in [-0.2, 0) is 9.59 Å². The molecule has 27 heavy (non-hydrogen) atoms. The van der Waals surface area contributed by atoms with E-state index in [-0.39, 0.29) is 6.54 Å². The molecule has 6 heteroatoms. The number of hydrogen-bond acceptors (Lipinski definition) is 4. The van der Waals surface area contributed by atoms with Crippen LogP contribution in [-0.4, -0.2) is 83.0 Å². The Hall–Kier alpha value is -1.14. The Morgan fingerprint density at radius 2 is 1.56 bits per heavy atom. The molecule has 0 spiro atoms. The summed E-state index contributed by atoms with van der Waals surface area (Å²) in [5.41, 5.74) is 0. The molecule has 3 aliphatic rings. The highest BCUT2D eigenvalue weighted by Gasteiger charge is 2.38. The molecule has 2 saturated carbocycles. The van der Waals surface area contributed by atoms with Crippen molar-refractivity contribution >= 4 is 11.9 Å². The van der Waals surface area contributed by atoms with Crippen LogP contribution in [0.3, 0.4) is 0 Å². The first-order valence-electron chi connectivity index (χ1n) is 10.9. The number of carboxylic acids is 1. The molecule has 0 aromatic rings. The third-order valence-corrected chi connectivity index (χ3v) is 6.76. The van der Waals surface area contributed by atoms with E-state index >= 15 is 0 Å². The van der Waals surface area contributed by atoms with Crippen molar-refractivity contribution in [3.63, 3.8) is 0 Å². The van der Waals surface area contributed by atoms with Crippen LogP contribution in [0.4, 0.5) is 0 Å². The molecule has 1 amide bonds. The summed E-state index contributed by atoms with van der Waals surface area (Å²) in [6, 6.07) is 1.26. The summed E-state index contributed by atoms with van der Waals surface area (Å²) in [6.07, 6.45) is 10.2. The van der Waals surface area contributed by atoms with Gasteiger partial charge in [-0.2, -0.15) is 0 Å². The summed E-state index contributed by atoms with van der Waals surface area (Å²) in [7, 11) is 1.90. The van der Waals surface area contributed by atoms with Gasteiger partial charge in [0.25, 0.3) is 0 Å². The number of hydrogen-bond donors (Lipinski definition) is 1. The van der Waals surface area contributed by atoms with Gasteiger partial charge in [-0.25, -0.2) is 0 Å². The van der Waals surface area contributed by atoms with E-state index < -0.39 is 5.97 Å². The number of carbonyl (C=O) groups excluding carboxylic acids is 1. The first kappa shape index (κ1) is 20.6. The molecule has 1 unspecified atom stereocenters. The van der Waals surface area contributed by atoms with Crippen molar-refractivity contribution < 1.29 is 14.7 Å². The van der Waals surface area contributed by atoms with E-state index in [1.54, 1.807) is 0 Å². The summed E-state index contributed by atoms with van der Waals surface area (Å²) in [5, 5.41) is 9.01. The topological polar surface area (TPSA) is 64.1 Å². The van der Waals surface area contributed by atoms with Crippen molar-refractivity contribution in [1.29, 1.82) is 0 Å². The van der Waals surface area contributed by atoms with Gasteiger partial charge in [0.1, 0.15) is 0 Å². The zero-order valence-corrected chi connectivity index (χ0v) is 17.1. The fourth-order valence-corrected chi connectivity index (χ4v) is 4.93. The third kappa shape index (κ3) is 5.92. The van der Waals surface area contributed by atoms with Gasteiger partial charge in [0.05, 0.1) is 13.1 Å². The zero-order valence-electron chi connectivity index (χ0n) is 17.1. The number of likely N-dealkylation sites (N-methyl/N-ethyl adjacent to an activating group) is 1. The molecule has 0 bridgehead atoms. The third-order valence-electron chi connectivity index (χ3n) is 6.76. The maximum absolute atomic E-state index is 13.1. The highest BCUT2D eigenvalue weighted by molar-refractivity contribution is 5.79. The largest absolute Gasteiger partial charge is 0.480 e. The average Bonchev–Trinajstić information content (AvgIpc) is 3.44. The van der Waals surface area contributed by atoms with Gasteiger partial charge in [-0.1, -0.05) is 6.92 Å². The van der Waals surface area contributed by atoms with Crippen LogP contribution in [0.25, 0.3) is 0 Å². The minimum atomic E-state index is -0.768. The smallest absolute Gasteiger partial charge is 0.317 e. The van der Waals surface area contributed by atoms with Crippen LogP contribution in [0.5, 0.6) is 0 Å². The Labute approximate surface area is 163 Å². The molecule has 6 nitrogen and oxygen atoms in total. The number of amides is 1. The molecule has 2 aliphatic carbocycles. The highest BCUT2D eigenvalue weighted by Crippen LogP contribution is 2.35. The van der Waals surface area contributed by atoms with E-state index in [0.29, 0.717) is 30.6 Å². The summed E-state index contributed by atoms with van der Waals surface area (Å²) in [4.78, 5) is 30.6. The fourth-order valence-electron chi connectivity index (χ4n) is 4.93. The minimum Gasteiger partial charge on any atom is -0.480 e. The van der Waals surface area contributed by atoms with Crippen LogP contribution in [0.15, 0.2) is 0 Å². The van der Waals surface area contributed by atoms with Gasteiger partial charge in [0.15, 0.2) is 0 Å². The maximum atomic E-state index is 13.1. The predicted molar refractivity (Wildman–Crippen MR) is 106 cm³/mol. The van der Waals surface area contributed by atoms with Gasteiger partial charge < -0.3 is 10.0 Å². The molecular formula is C21H37N3O3. The lowest BCUT2D eigenvalue weighted by molar-refractivity contribution is -0.138. The van der Waals surface area contributed by atoms with Crippen molar-refractivity contribution in [2.75, 3.05) is 33.2 Å². The van der Waals surface area contributed by atoms with E-state index in [1.165, 1.54) is 38.5 Å². The van der Waals surface area contributed by atoms with Gasteiger partial charge in [-0.3, -0.25) is 19.4 Å². The summed E-state index contributed by atoms with van der Waals surface area (Å²) < 4.78 is 0. The standard InChI is InChI=1S/C21H37N3O3/c1-16-5-7-18(8-6-16)24(19-9-10-19)20(25)14-23-12-3-4-17(11-13-23)22(2)15-21(26)27/h16-19H,3-15H2,1-2H3,(H,26,27). The molecule has 3 rings (SSSR count). The zero-order chi connectivity index (χ0) is 19.4. The maximum Gasteiger partial charge on any atom is 0.317 e. The van der Waals surface area contributed by atoms with E-state index in [9.17, 15) is 9.59 Å². The molecule has 1 heterocycles. The SMILES string of the molecule is CC1CCC(N(C(=O)CN2CCCC(N(C)CC(=O)O)CC2)C2CC2)CC1. The molecule has 1 N–H and O–H groups in total. The number of likely N-dealkylation sites (tertiary alicyclic amines) is 1. The van der Waals surface area contributed by atoms with Gasteiger partial charge in [-0.15, -0.1) is 0 Å². The number of carboxylic acid groups (broad SMARTS) is 1. The Morgan fingerprint density at radius 1 is 0.926 bits per heavy atom. The van der Waals surface area contributed by atoms with Crippen LogP contribution < -0.4 is 0 Å². The molecule has 3 fully saturated rings. The second-order valence-electron chi connectivity index (χ2n) is 9.12. The normalized spacial score (nSPS) is 30.1. The summed E-state index contributed by atoms with van der Waals surface area (Å²) in [6.45, 7) is 4.80. The predicted octanol–water partition coefficient (Wildman–Crippen LogP) is 2.43. The van der Waals surface area contributed by atoms with Crippen molar-refractivity contribution in [3.05, 3.63) is 0 Å². The average molecular weight is 380 g/mol. The monoisotopic (exact) mass is 379 g/mol. The van der Waals surface area contributed by atoms with E-state index in [1.807, 2.05) is 11.9 Å². The van der Waals surface area contributed by atoms with E-state index in [0.717, 1.165) is 38.3 Å². The van der Waals surface area contributed by atoms with Crippen LogP contribution in [0.1, 0.15) is 64.7 Å². The summed E-state index contributed by atoms with van der Waals surface area (Å²) in [5.74, 6) is 0.368. The second kappa shape index (κ2) is 9.37.